The fourth-order valence-corrected chi connectivity index (χ4v) is 2.49. The van der Waals surface area contributed by atoms with E-state index < -0.39 is 0 Å². The van der Waals surface area contributed by atoms with Crippen LogP contribution in [0.1, 0.15) is 20.8 Å². The van der Waals surface area contributed by atoms with Gasteiger partial charge in [-0.05, 0) is 42.7 Å². The van der Waals surface area contributed by atoms with Crippen molar-refractivity contribution in [1.82, 2.24) is 4.98 Å². The Balaban J connectivity index is 2.05. The van der Waals surface area contributed by atoms with Crippen LogP contribution < -0.4 is 10.1 Å². The number of hydrogen-bond acceptors (Lipinski definition) is 4. The van der Waals surface area contributed by atoms with E-state index in [1.807, 2.05) is 25.3 Å². The topological polar surface area (TPSA) is 34.1 Å². The lowest BCUT2D eigenvalue weighted by atomic mass is 10.2. The van der Waals surface area contributed by atoms with Gasteiger partial charge >= 0.3 is 0 Å². The predicted molar refractivity (Wildman–Crippen MR) is 82.0 cm³/mol. The summed E-state index contributed by atoms with van der Waals surface area (Å²) in [5, 5.41) is 4.33. The molecule has 0 fully saturated rings. The Morgan fingerprint density at radius 3 is 2.63 bits per heavy atom. The van der Waals surface area contributed by atoms with Gasteiger partial charge in [-0.15, -0.1) is 0 Å². The largest absolute Gasteiger partial charge is 0.494 e. The maximum atomic E-state index is 5.44. The second kappa shape index (κ2) is 6.57. The van der Waals surface area contributed by atoms with E-state index in [0.29, 0.717) is 12.5 Å². The Kier molecular flexibility index (Phi) is 4.80. The average Bonchev–Trinajstić information content (AvgIpc) is 2.86. The van der Waals surface area contributed by atoms with Crippen LogP contribution in [0.2, 0.25) is 0 Å². The number of nitrogens with zero attached hydrogens (tertiary/aromatic N) is 1. The van der Waals surface area contributed by atoms with Gasteiger partial charge in [0.15, 0.2) is 5.13 Å². The molecular formula is C15H20N2OS. The van der Waals surface area contributed by atoms with E-state index in [1.54, 1.807) is 11.3 Å². The molecule has 3 nitrogen and oxygen atoms in total. The quantitative estimate of drug-likeness (QED) is 0.855. The number of benzene rings is 1. The van der Waals surface area contributed by atoms with Crippen LogP contribution in [0.4, 0.5) is 5.13 Å². The average molecular weight is 276 g/mol. The van der Waals surface area contributed by atoms with Crippen molar-refractivity contribution in [2.75, 3.05) is 18.5 Å². The van der Waals surface area contributed by atoms with E-state index in [2.05, 4.69) is 36.3 Å². The van der Waals surface area contributed by atoms with Gasteiger partial charge < -0.3 is 10.1 Å². The molecule has 4 heteroatoms. The lowest BCUT2D eigenvalue weighted by Crippen LogP contribution is -2.07. The predicted octanol–water partition coefficient (Wildman–Crippen LogP) is 4.28. The van der Waals surface area contributed by atoms with Crippen LogP contribution >= 0.6 is 11.3 Å². The van der Waals surface area contributed by atoms with Gasteiger partial charge in [-0.1, -0.05) is 25.2 Å². The van der Waals surface area contributed by atoms with E-state index in [1.165, 1.54) is 10.4 Å². The van der Waals surface area contributed by atoms with Gasteiger partial charge in [0, 0.05) is 12.7 Å². The minimum absolute atomic E-state index is 0.623. The smallest absolute Gasteiger partial charge is 0.183 e. The van der Waals surface area contributed by atoms with Crippen molar-refractivity contribution in [2.45, 2.75) is 20.8 Å². The number of thiazole rings is 1. The Labute approximate surface area is 118 Å². The molecule has 102 valence electrons. The standard InChI is InChI=1S/C15H20N2OS/c1-4-18-13-7-5-12(6-8-13)14-10-17-15(19-14)16-9-11(2)3/h5-8,10-11H,4,9H2,1-3H3,(H,16,17). The molecule has 2 aromatic rings. The second-order valence-corrected chi connectivity index (χ2v) is 5.79. The van der Waals surface area contributed by atoms with Crippen LogP contribution in [0.5, 0.6) is 5.75 Å². The highest BCUT2D eigenvalue weighted by Gasteiger charge is 2.05. The third-order valence-corrected chi connectivity index (χ3v) is 3.62. The number of nitrogens with one attached hydrogen (secondary N) is 1. The Morgan fingerprint density at radius 1 is 1.26 bits per heavy atom. The van der Waals surface area contributed by atoms with Crippen LogP contribution in [0, 0.1) is 5.92 Å². The first kappa shape index (κ1) is 13.9. The summed E-state index contributed by atoms with van der Waals surface area (Å²) in [5.41, 5.74) is 1.18. The van der Waals surface area contributed by atoms with Crippen molar-refractivity contribution in [2.24, 2.45) is 5.92 Å². The summed E-state index contributed by atoms with van der Waals surface area (Å²) >= 11 is 1.68. The van der Waals surface area contributed by atoms with E-state index >= 15 is 0 Å². The summed E-state index contributed by atoms with van der Waals surface area (Å²) in [6.45, 7) is 8.02. The zero-order valence-corrected chi connectivity index (χ0v) is 12.5. The molecule has 0 unspecified atom stereocenters. The lowest BCUT2D eigenvalue weighted by molar-refractivity contribution is 0.340. The first-order valence-corrected chi connectivity index (χ1v) is 7.43. The molecule has 0 spiro atoms. The van der Waals surface area contributed by atoms with Crippen molar-refractivity contribution < 1.29 is 4.74 Å². The number of rotatable bonds is 6. The molecule has 0 atom stereocenters. The van der Waals surface area contributed by atoms with Crippen LogP contribution in [-0.4, -0.2) is 18.1 Å². The Morgan fingerprint density at radius 2 is 2.00 bits per heavy atom. The molecule has 0 radical (unpaired) electrons. The molecule has 0 bridgehead atoms. The third-order valence-electron chi connectivity index (χ3n) is 2.62. The van der Waals surface area contributed by atoms with Crippen LogP contribution in [0.3, 0.4) is 0 Å². The van der Waals surface area contributed by atoms with E-state index in [4.69, 9.17) is 4.74 Å². The first-order valence-electron chi connectivity index (χ1n) is 6.62. The zero-order chi connectivity index (χ0) is 13.7. The molecule has 19 heavy (non-hydrogen) atoms. The molecule has 2 rings (SSSR count). The van der Waals surface area contributed by atoms with Crippen molar-refractivity contribution in [1.29, 1.82) is 0 Å². The highest BCUT2D eigenvalue weighted by molar-refractivity contribution is 7.18. The summed E-state index contributed by atoms with van der Waals surface area (Å²) < 4.78 is 5.44. The third kappa shape index (κ3) is 3.96. The van der Waals surface area contributed by atoms with Crippen molar-refractivity contribution in [3.05, 3.63) is 30.5 Å². The zero-order valence-electron chi connectivity index (χ0n) is 11.6. The molecule has 1 N–H and O–H groups in total. The second-order valence-electron chi connectivity index (χ2n) is 4.76. The van der Waals surface area contributed by atoms with E-state index in [0.717, 1.165) is 17.4 Å². The summed E-state index contributed by atoms with van der Waals surface area (Å²) in [6.07, 6.45) is 1.92. The van der Waals surface area contributed by atoms with Gasteiger partial charge in [-0.2, -0.15) is 0 Å². The molecule has 0 aliphatic carbocycles. The summed E-state index contributed by atoms with van der Waals surface area (Å²) in [6, 6.07) is 8.15. The van der Waals surface area contributed by atoms with Gasteiger partial charge in [0.05, 0.1) is 11.5 Å². The normalized spacial score (nSPS) is 10.7. The molecule has 0 saturated heterocycles. The highest BCUT2D eigenvalue weighted by Crippen LogP contribution is 2.30. The number of aromatic nitrogens is 1. The monoisotopic (exact) mass is 276 g/mol. The maximum Gasteiger partial charge on any atom is 0.183 e. The number of hydrogen-bond donors (Lipinski definition) is 1. The molecule has 1 aromatic heterocycles. The van der Waals surface area contributed by atoms with Gasteiger partial charge in [0.2, 0.25) is 0 Å². The van der Waals surface area contributed by atoms with Crippen molar-refractivity contribution >= 4 is 16.5 Å². The van der Waals surface area contributed by atoms with E-state index in [-0.39, 0.29) is 0 Å². The van der Waals surface area contributed by atoms with Crippen LogP contribution in [0.15, 0.2) is 30.5 Å². The SMILES string of the molecule is CCOc1ccc(-c2cnc(NCC(C)C)s2)cc1. The number of ether oxygens (including phenoxy) is 1. The summed E-state index contributed by atoms with van der Waals surface area (Å²) in [5.74, 6) is 1.53. The van der Waals surface area contributed by atoms with Gasteiger partial charge in [0.1, 0.15) is 5.75 Å². The molecular weight excluding hydrogens is 256 g/mol. The minimum Gasteiger partial charge on any atom is -0.494 e. The fourth-order valence-electron chi connectivity index (χ4n) is 1.66. The summed E-state index contributed by atoms with van der Waals surface area (Å²) in [7, 11) is 0. The Bertz CT molecular complexity index is 505. The molecule has 1 aromatic carbocycles. The molecule has 0 aliphatic rings. The van der Waals surface area contributed by atoms with Gasteiger partial charge in [-0.25, -0.2) is 4.98 Å². The first-order chi connectivity index (χ1) is 9.19. The highest BCUT2D eigenvalue weighted by atomic mass is 32.1. The molecule has 0 aliphatic heterocycles. The van der Waals surface area contributed by atoms with Crippen LogP contribution in [0.25, 0.3) is 10.4 Å². The van der Waals surface area contributed by atoms with Crippen LogP contribution in [-0.2, 0) is 0 Å². The van der Waals surface area contributed by atoms with Gasteiger partial charge in [-0.3, -0.25) is 0 Å². The van der Waals surface area contributed by atoms with E-state index in [9.17, 15) is 0 Å². The molecule has 0 amide bonds. The van der Waals surface area contributed by atoms with Crippen molar-refractivity contribution in [3.63, 3.8) is 0 Å². The Hall–Kier alpha value is -1.55. The molecule has 0 saturated carbocycles. The molecule has 1 heterocycles. The minimum atomic E-state index is 0.623. The van der Waals surface area contributed by atoms with Gasteiger partial charge in [0.25, 0.3) is 0 Å². The fraction of sp³-hybridized carbons (Fsp3) is 0.400. The maximum absolute atomic E-state index is 5.44. The summed E-state index contributed by atoms with van der Waals surface area (Å²) in [4.78, 5) is 5.57. The lowest BCUT2D eigenvalue weighted by Gasteiger charge is -2.04. The number of anilines is 1. The van der Waals surface area contributed by atoms with Crippen molar-refractivity contribution in [3.8, 4) is 16.2 Å².